The lowest BCUT2D eigenvalue weighted by Gasteiger charge is -2.06. The van der Waals surface area contributed by atoms with Gasteiger partial charge in [0, 0.05) is 14.0 Å². The fourth-order valence-electron chi connectivity index (χ4n) is 2.50. The van der Waals surface area contributed by atoms with Gasteiger partial charge in [0.25, 0.3) is 5.91 Å². The van der Waals surface area contributed by atoms with E-state index >= 15 is 0 Å². The van der Waals surface area contributed by atoms with Gasteiger partial charge in [-0.05, 0) is 70.3 Å². The maximum Gasteiger partial charge on any atom is 0.266 e. The Kier molecular flexibility index (Phi) is 4.78. The van der Waals surface area contributed by atoms with Gasteiger partial charge >= 0.3 is 0 Å². The molecule has 3 rings (SSSR count). The van der Waals surface area contributed by atoms with Crippen LogP contribution in [0.4, 0.5) is 5.69 Å². The van der Waals surface area contributed by atoms with Crippen LogP contribution in [0.3, 0.4) is 0 Å². The third-order valence-corrected chi connectivity index (χ3v) is 5.44. The van der Waals surface area contributed by atoms with Crippen molar-refractivity contribution in [2.75, 3.05) is 5.32 Å². The summed E-state index contributed by atoms with van der Waals surface area (Å²) in [6, 6.07) is 16.1. The molecule has 4 heteroatoms. The molecular formula is C18H16INOS. The smallest absolute Gasteiger partial charge is 0.266 e. The Bertz CT molecular complexity index is 808. The summed E-state index contributed by atoms with van der Waals surface area (Å²) < 4.78 is 2.34. The molecule has 1 aromatic heterocycles. The van der Waals surface area contributed by atoms with Gasteiger partial charge < -0.3 is 5.32 Å². The number of halogens is 1. The number of amides is 1. The first-order valence-electron chi connectivity index (χ1n) is 7.26. The lowest BCUT2D eigenvalue weighted by atomic mass is 10.1. The Morgan fingerprint density at radius 1 is 1.14 bits per heavy atom. The molecule has 22 heavy (non-hydrogen) atoms. The van der Waals surface area contributed by atoms with Crippen LogP contribution in [0.1, 0.15) is 28.6 Å². The van der Waals surface area contributed by atoms with Crippen LogP contribution < -0.4 is 5.32 Å². The number of anilines is 1. The van der Waals surface area contributed by atoms with E-state index in [2.05, 4.69) is 47.0 Å². The van der Waals surface area contributed by atoms with Crippen molar-refractivity contribution in [3.05, 3.63) is 62.5 Å². The van der Waals surface area contributed by atoms with Crippen LogP contribution in [0.15, 0.2) is 48.5 Å². The van der Waals surface area contributed by atoms with Gasteiger partial charge in [-0.1, -0.05) is 31.5 Å². The number of thiophene rings is 1. The van der Waals surface area contributed by atoms with Crippen LogP contribution in [0.5, 0.6) is 0 Å². The van der Waals surface area contributed by atoms with Crippen molar-refractivity contribution in [3.63, 3.8) is 0 Å². The van der Waals surface area contributed by atoms with E-state index in [1.54, 1.807) is 11.3 Å². The largest absolute Gasteiger partial charge is 0.321 e. The van der Waals surface area contributed by atoms with Gasteiger partial charge in [-0.15, -0.1) is 11.3 Å². The summed E-state index contributed by atoms with van der Waals surface area (Å²) in [5.74, 6) is -0.00846. The molecule has 0 bridgehead atoms. The minimum Gasteiger partial charge on any atom is -0.321 e. The first-order valence-corrected chi connectivity index (χ1v) is 9.16. The minimum absolute atomic E-state index is 0.00846. The number of benzene rings is 2. The summed E-state index contributed by atoms with van der Waals surface area (Å²) in [5.41, 5.74) is 2.01. The lowest BCUT2D eigenvalue weighted by Crippen LogP contribution is -2.12. The number of hydrogen-bond donors (Lipinski definition) is 1. The molecule has 0 radical (unpaired) electrons. The monoisotopic (exact) mass is 421 g/mol. The van der Waals surface area contributed by atoms with Gasteiger partial charge in [-0.3, -0.25) is 4.79 Å². The molecule has 2 nitrogen and oxygen atoms in total. The highest BCUT2D eigenvalue weighted by molar-refractivity contribution is 14.1. The zero-order valence-corrected chi connectivity index (χ0v) is 15.2. The van der Waals surface area contributed by atoms with Gasteiger partial charge in [0.15, 0.2) is 0 Å². The summed E-state index contributed by atoms with van der Waals surface area (Å²) in [5, 5.41) is 4.22. The molecule has 1 amide bonds. The van der Waals surface area contributed by atoms with E-state index in [0.717, 1.165) is 27.0 Å². The molecule has 0 aliphatic rings. The maximum atomic E-state index is 12.7. The van der Waals surface area contributed by atoms with Gasteiger partial charge in [0.1, 0.15) is 0 Å². The predicted molar refractivity (Wildman–Crippen MR) is 103 cm³/mol. The van der Waals surface area contributed by atoms with Crippen LogP contribution in [-0.4, -0.2) is 5.91 Å². The second-order valence-corrected chi connectivity index (χ2v) is 7.41. The molecule has 0 spiro atoms. The van der Waals surface area contributed by atoms with Crippen molar-refractivity contribution in [2.45, 2.75) is 19.8 Å². The number of rotatable bonds is 4. The number of carbonyl (C=O) groups excluding carboxylic acids is 1. The van der Waals surface area contributed by atoms with Gasteiger partial charge in [0.05, 0.1) is 4.88 Å². The molecule has 0 aliphatic heterocycles. The second-order valence-electron chi connectivity index (χ2n) is 5.12. The van der Waals surface area contributed by atoms with Crippen LogP contribution in [0.25, 0.3) is 10.1 Å². The van der Waals surface area contributed by atoms with E-state index in [0.29, 0.717) is 0 Å². The zero-order valence-electron chi connectivity index (χ0n) is 12.2. The number of fused-ring (bicyclic) bond motifs is 1. The highest BCUT2D eigenvalue weighted by atomic mass is 127. The fraction of sp³-hybridized carbons (Fsp3) is 0.167. The van der Waals surface area contributed by atoms with E-state index in [1.807, 2.05) is 36.4 Å². The molecule has 1 heterocycles. The van der Waals surface area contributed by atoms with Crippen molar-refractivity contribution in [1.82, 2.24) is 0 Å². The van der Waals surface area contributed by atoms with Crippen LogP contribution in [0.2, 0.25) is 0 Å². The molecule has 0 fully saturated rings. The van der Waals surface area contributed by atoms with Crippen molar-refractivity contribution in [3.8, 4) is 0 Å². The van der Waals surface area contributed by atoms with Gasteiger partial charge in [-0.25, -0.2) is 0 Å². The van der Waals surface area contributed by atoms with E-state index in [4.69, 9.17) is 0 Å². The summed E-state index contributed by atoms with van der Waals surface area (Å²) >= 11 is 3.84. The Morgan fingerprint density at radius 2 is 1.86 bits per heavy atom. The molecule has 3 aromatic rings. The van der Waals surface area contributed by atoms with Crippen LogP contribution in [0, 0.1) is 3.57 Å². The first-order chi connectivity index (χ1) is 10.7. The van der Waals surface area contributed by atoms with Crippen LogP contribution >= 0.6 is 33.9 Å². The molecule has 0 unspecified atom stereocenters. The summed E-state index contributed by atoms with van der Waals surface area (Å²) in [6.07, 6.45) is 1.96. The van der Waals surface area contributed by atoms with E-state index < -0.39 is 0 Å². The highest BCUT2D eigenvalue weighted by Crippen LogP contribution is 2.32. The van der Waals surface area contributed by atoms with Crippen LogP contribution in [-0.2, 0) is 6.42 Å². The minimum atomic E-state index is -0.00846. The third kappa shape index (κ3) is 3.17. The fourth-order valence-corrected chi connectivity index (χ4v) is 4.01. The SMILES string of the molecule is CCCc1c(C(=O)Nc2ccc(I)cc2)sc2ccccc12. The van der Waals surface area contributed by atoms with E-state index in [9.17, 15) is 4.79 Å². The molecule has 0 saturated heterocycles. The van der Waals surface area contributed by atoms with E-state index in [1.165, 1.54) is 15.6 Å². The summed E-state index contributed by atoms with van der Waals surface area (Å²) in [4.78, 5) is 13.5. The summed E-state index contributed by atoms with van der Waals surface area (Å²) in [7, 11) is 0. The van der Waals surface area contributed by atoms with Crippen molar-refractivity contribution in [1.29, 1.82) is 0 Å². The topological polar surface area (TPSA) is 29.1 Å². The highest BCUT2D eigenvalue weighted by Gasteiger charge is 2.17. The van der Waals surface area contributed by atoms with E-state index in [-0.39, 0.29) is 5.91 Å². The Morgan fingerprint density at radius 3 is 2.59 bits per heavy atom. The molecule has 0 saturated carbocycles. The second kappa shape index (κ2) is 6.79. The average molecular weight is 421 g/mol. The average Bonchev–Trinajstić information content (AvgIpc) is 2.89. The van der Waals surface area contributed by atoms with Crippen molar-refractivity contribution >= 4 is 55.6 Å². The molecule has 2 aromatic carbocycles. The molecule has 0 aliphatic carbocycles. The molecule has 112 valence electrons. The van der Waals surface area contributed by atoms with Crippen molar-refractivity contribution < 1.29 is 4.79 Å². The zero-order chi connectivity index (χ0) is 15.5. The first kappa shape index (κ1) is 15.5. The van der Waals surface area contributed by atoms with Crippen molar-refractivity contribution in [2.24, 2.45) is 0 Å². The quantitative estimate of drug-likeness (QED) is 0.537. The number of nitrogens with one attached hydrogen (secondary N) is 1. The molecular weight excluding hydrogens is 405 g/mol. The lowest BCUT2D eigenvalue weighted by molar-refractivity contribution is 0.103. The summed E-state index contributed by atoms with van der Waals surface area (Å²) in [6.45, 7) is 2.15. The Labute approximate surface area is 147 Å². The third-order valence-electron chi connectivity index (χ3n) is 3.51. The number of carbonyl (C=O) groups is 1. The molecule has 0 atom stereocenters. The normalized spacial score (nSPS) is 10.8. The maximum absolute atomic E-state index is 12.7. The number of aryl methyl sites for hydroxylation is 1. The van der Waals surface area contributed by atoms with Gasteiger partial charge in [-0.2, -0.15) is 0 Å². The standard InChI is InChI=1S/C18H16INOS/c1-2-5-15-14-6-3-4-7-16(14)22-17(15)18(21)20-13-10-8-12(19)9-11-13/h3-4,6-11H,2,5H2,1H3,(H,20,21). The predicted octanol–water partition coefficient (Wildman–Crippen LogP) is 5.71. The molecule has 1 N–H and O–H groups in total. The number of hydrogen-bond acceptors (Lipinski definition) is 2. The Hall–Kier alpha value is -1.40. The van der Waals surface area contributed by atoms with Gasteiger partial charge in [0.2, 0.25) is 0 Å². The Balaban J connectivity index is 1.96.